The molecule has 0 aliphatic carbocycles. The Morgan fingerprint density at radius 3 is 1.10 bits per heavy atom. The Hall–Kier alpha value is -0.174. The van der Waals surface area contributed by atoms with E-state index in [0.29, 0.717) is 12.8 Å². The zero-order valence-corrected chi connectivity index (χ0v) is 22.1. The van der Waals surface area contributed by atoms with E-state index in [-0.39, 0.29) is 60.8 Å². The van der Waals surface area contributed by atoms with Crippen molar-refractivity contribution in [2.45, 2.75) is 52.7 Å². The maximum atomic E-state index is 10.8. The number of carboxylic acids is 4. The molecule has 0 radical (unpaired) electrons. The predicted molar refractivity (Wildman–Crippen MR) is 104 cm³/mol. The molecule has 164 valence electrons. The number of aliphatic carboxylic acids is 4. The number of rotatable bonds is 12. The average molecular weight is 471 g/mol. The maximum absolute atomic E-state index is 10.8. The molecule has 0 aliphatic rings. The van der Waals surface area contributed by atoms with Gasteiger partial charge in [-0.2, -0.15) is 0 Å². The van der Waals surface area contributed by atoms with Gasteiger partial charge in [-0.25, -0.2) is 0 Å². The molecule has 6 atom stereocenters. The van der Waals surface area contributed by atoms with E-state index in [2.05, 4.69) is 0 Å². The zero-order valence-electron chi connectivity index (χ0n) is 18.5. The molecule has 0 heterocycles. The predicted octanol–water partition coefficient (Wildman–Crippen LogP) is -1.77. The molecule has 0 saturated heterocycles. The van der Waals surface area contributed by atoms with Crippen molar-refractivity contribution in [3.8, 4) is 0 Å². The maximum Gasteiger partial charge on any atom is 2.00 e. The summed E-state index contributed by atoms with van der Waals surface area (Å²) >= 11 is 0. The zero-order chi connectivity index (χ0) is 22.6. The molecule has 2 N–H and O–H groups in total. The van der Waals surface area contributed by atoms with E-state index in [1.807, 2.05) is 0 Å². The number of methoxy groups -OCH3 is 2. The largest absolute Gasteiger partial charge is 2.00 e. The first-order chi connectivity index (χ1) is 12.9. The van der Waals surface area contributed by atoms with Gasteiger partial charge in [0.15, 0.2) is 0 Å². The van der Waals surface area contributed by atoms with Crippen molar-refractivity contribution >= 4 is 84.7 Å². The van der Waals surface area contributed by atoms with Crippen LogP contribution in [0.5, 0.6) is 0 Å². The minimum Gasteiger partial charge on any atom is -0.550 e. The Morgan fingerprint density at radius 1 is 0.767 bits per heavy atom. The van der Waals surface area contributed by atoms with Gasteiger partial charge in [-0.1, -0.05) is 27.7 Å². The molecule has 30 heavy (non-hydrogen) atoms. The summed E-state index contributed by atoms with van der Waals surface area (Å²) in [5, 5.41) is 38.8. The van der Waals surface area contributed by atoms with Crippen LogP contribution in [0.25, 0.3) is 0 Å². The Morgan fingerprint density at radius 2 is 1.00 bits per heavy atom. The van der Waals surface area contributed by atoms with Crippen molar-refractivity contribution in [1.82, 2.24) is 0 Å². The van der Waals surface area contributed by atoms with Gasteiger partial charge in [-0.05, 0) is 12.8 Å². The van der Waals surface area contributed by atoms with Crippen LogP contribution < -0.4 is 10.2 Å². The van der Waals surface area contributed by atoms with Crippen molar-refractivity contribution < 1.29 is 49.1 Å². The number of hydrogen-bond donors (Lipinski definition) is 2. The SMILES string of the molecule is CCC(OC)C(C(=O)O)C(C)C(=O)[O-].CCC(OC)C(C(=O)O)C(C)C(=O)[O-].[Ca+2].[Mg+2]. The van der Waals surface area contributed by atoms with Crippen LogP contribution in [-0.4, -0.2) is 121 Å². The summed E-state index contributed by atoms with van der Waals surface area (Å²) in [4.78, 5) is 42.8. The molecule has 0 rings (SSSR count). The average Bonchev–Trinajstić information content (AvgIpc) is 2.62. The molecular formula is C18H30CaMgO10+2. The molecule has 0 aromatic carbocycles. The third-order valence-corrected chi connectivity index (χ3v) is 4.60. The minimum atomic E-state index is -1.37. The van der Waals surface area contributed by atoms with Crippen LogP contribution in [0.3, 0.4) is 0 Å². The molecule has 0 aromatic heterocycles. The second-order valence-corrected chi connectivity index (χ2v) is 6.31. The molecule has 10 nitrogen and oxygen atoms in total. The normalized spacial score (nSPS) is 15.9. The van der Waals surface area contributed by atoms with E-state index in [1.165, 1.54) is 28.1 Å². The van der Waals surface area contributed by atoms with Gasteiger partial charge in [0.25, 0.3) is 0 Å². The van der Waals surface area contributed by atoms with Crippen LogP contribution in [0.4, 0.5) is 0 Å². The second kappa shape index (κ2) is 19.5. The number of carbonyl (C=O) groups excluding carboxylic acids is 2. The Labute approximate surface area is 222 Å². The third kappa shape index (κ3) is 12.6. The molecule has 0 bridgehead atoms. The van der Waals surface area contributed by atoms with Gasteiger partial charge < -0.3 is 39.5 Å². The van der Waals surface area contributed by atoms with E-state index < -0.39 is 59.8 Å². The second-order valence-electron chi connectivity index (χ2n) is 6.31. The Bertz CT molecular complexity index is 477. The van der Waals surface area contributed by atoms with Gasteiger partial charge in [-0.3, -0.25) is 9.59 Å². The molecule has 0 saturated carbocycles. The summed E-state index contributed by atoms with van der Waals surface area (Å²) < 4.78 is 9.84. The smallest absolute Gasteiger partial charge is 0.550 e. The monoisotopic (exact) mass is 470 g/mol. The van der Waals surface area contributed by atoms with Crippen LogP contribution in [0, 0.1) is 23.7 Å². The van der Waals surface area contributed by atoms with Gasteiger partial charge in [0.1, 0.15) is 0 Å². The van der Waals surface area contributed by atoms with E-state index >= 15 is 0 Å². The quantitative estimate of drug-likeness (QED) is 0.311. The van der Waals surface area contributed by atoms with Gasteiger partial charge in [0, 0.05) is 38.0 Å². The summed E-state index contributed by atoms with van der Waals surface area (Å²) in [6.07, 6.45) is -0.295. The first-order valence-corrected chi connectivity index (χ1v) is 8.83. The molecule has 0 amide bonds. The summed E-state index contributed by atoms with van der Waals surface area (Å²) in [7, 11) is 2.73. The fourth-order valence-electron chi connectivity index (χ4n) is 2.82. The topological polar surface area (TPSA) is 173 Å². The van der Waals surface area contributed by atoms with Crippen molar-refractivity contribution in [2.75, 3.05) is 14.2 Å². The third-order valence-electron chi connectivity index (χ3n) is 4.60. The fourth-order valence-corrected chi connectivity index (χ4v) is 2.82. The van der Waals surface area contributed by atoms with Crippen LogP contribution in [0.15, 0.2) is 0 Å². The molecule has 0 spiro atoms. The van der Waals surface area contributed by atoms with E-state index in [4.69, 9.17) is 19.7 Å². The number of ether oxygens (including phenoxy) is 2. The molecule has 12 heteroatoms. The van der Waals surface area contributed by atoms with Gasteiger partial charge >= 0.3 is 72.7 Å². The summed E-state index contributed by atoms with van der Waals surface area (Å²) in [5.41, 5.74) is 0. The molecular weight excluding hydrogens is 441 g/mol. The fraction of sp³-hybridized carbons (Fsp3) is 0.778. The minimum absolute atomic E-state index is 0. The van der Waals surface area contributed by atoms with Gasteiger partial charge in [0.2, 0.25) is 0 Å². The van der Waals surface area contributed by atoms with Gasteiger partial charge in [0.05, 0.1) is 24.0 Å². The van der Waals surface area contributed by atoms with Crippen molar-refractivity contribution in [2.24, 2.45) is 23.7 Å². The molecule has 0 fully saturated rings. The summed E-state index contributed by atoms with van der Waals surface area (Å²) in [6, 6.07) is 0. The van der Waals surface area contributed by atoms with Gasteiger partial charge in [-0.15, -0.1) is 0 Å². The van der Waals surface area contributed by atoms with Crippen LogP contribution in [0.2, 0.25) is 0 Å². The Kier molecular flexibility index (Phi) is 24.2. The van der Waals surface area contributed by atoms with E-state index in [0.717, 1.165) is 0 Å². The molecule has 6 unspecified atom stereocenters. The summed E-state index contributed by atoms with van der Waals surface area (Å²) in [6.45, 7) is 6.11. The van der Waals surface area contributed by atoms with Crippen molar-refractivity contribution in [3.63, 3.8) is 0 Å². The Balaban J connectivity index is -0.000000211. The standard InChI is InChI=1S/2C9H16O5.Ca.Mg/c2*1-4-6(14-3)7(9(12)13)5(2)8(10)11;;/h2*5-7H,4H2,1-3H3,(H,10,11)(H,12,13);;/q;;2*+2/p-2. The van der Waals surface area contributed by atoms with E-state index in [9.17, 15) is 29.4 Å². The van der Waals surface area contributed by atoms with Crippen molar-refractivity contribution in [1.29, 1.82) is 0 Å². The van der Waals surface area contributed by atoms with Crippen LogP contribution in [-0.2, 0) is 28.7 Å². The van der Waals surface area contributed by atoms with E-state index in [1.54, 1.807) is 13.8 Å². The number of carbonyl (C=O) groups is 4. The first-order valence-electron chi connectivity index (χ1n) is 8.83. The number of hydrogen-bond acceptors (Lipinski definition) is 8. The molecule has 0 aliphatic heterocycles. The summed E-state index contributed by atoms with van der Waals surface area (Å²) in [5.74, 6) is -9.31. The van der Waals surface area contributed by atoms with Crippen LogP contribution >= 0.6 is 0 Å². The first kappa shape index (κ1) is 37.2. The van der Waals surface area contributed by atoms with Crippen molar-refractivity contribution in [3.05, 3.63) is 0 Å². The van der Waals surface area contributed by atoms with Crippen LogP contribution in [0.1, 0.15) is 40.5 Å². The molecule has 0 aromatic rings. The number of carboxylic acid groups (broad SMARTS) is 4.